The third kappa shape index (κ3) is 2.17. The topological polar surface area (TPSA) is 84.2 Å². The number of piperidine rings is 1. The standard InChI is InChI=1S/C14H21NO4/c1-2-15-8-11(17)12(18)13(19)14(15,9-16)10-6-4-3-5-7-10/h3-7,11-13,16-19H,2,8-9H2,1H3/t11-,12+,13-,14+/m0/s1. The summed E-state index contributed by atoms with van der Waals surface area (Å²) in [6.07, 6.45) is -3.53. The Bertz CT molecular complexity index is 409. The lowest BCUT2D eigenvalue weighted by Crippen LogP contribution is -2.68. The first-order valence-corrected chi connectivity index (χ1v) is 6.53. The van der Waals surface area contributed by atoms with Crippen molar-refractivity contribution in [2.75, 3.05) is 19.7 Å². The Morgan fingerprint density at radius 3 is 2.37 bits per heavy atom. The van der Waals surface area contributed by atoms with E-state index in [1.54, 1.807) is 0 Å². The molecular weight excluding hydrogens is 246 g/mol. The van der Waals surface area contributed by atoms with Crippen molar-refractivity contribution in [2.45, 2.75) is 30.8 Å². The minimum Gasteiger partial charge on any atom is -0.394 e. The van der Waals surface area contributed by atoms with E-state index in [9.17, 15) is 20.4 Å². The fraction of sp³-hybridized carbons (Fsp3) is 0.571. The fourth-order valence-corrected chi connectivity index (χ4v) is 2.95. The maximum absolute atomic E-state index is 10.4. The van der Waals surface area contributed by atoms with Crippen LogP contribution in [0, 0.1) is 0 Å². The molecule has 1 heterocycles. The van der Waals surface area contributed by atoms with Gasteiger partial charge in [0.05, 0.1) is 18.2 Å². The van der Waals surface area contributed by atoms with Gasteiger partial charge in [0.1, 0.15) is 12.2 Å². The highest BCUT2D eigenvalue weighted by Crippen LogP contribution is 2.37. The van der Waals surface area contributed by atoms with Crippen LogP contribution in [0.4, 0.5) is 0 Å². The van der Waals surface area contributed by atoms with Gasteiger partial charge in [-0.2, -0.15) is 0 Å². The third-order valence-electron chi connectivity index (χ3n) is 4.08. The van der Waals surface area contributed by atoms with E-state index in [-0.39, 0.29) is 13.2 Å². The second-order valence-electron chi connectivity index (χ2n) is 4.99. The molecule has 0 bridgehead atoms. The fourth-order valence-electron chi connectivity index (χ4n) is 2.95. The molecule has 5 heteroatoms. The molecule has 106 valence electrons. The Morgan fingerprint density at radius 2 is 1.84 bits per heavy atom. The summed E-state index contributed by atoms with van der Waals surface area (Å²) in [6, 6.07) is 9.12. The van der Waals surface area contributed by atoms with Gasteiger partial charge in [-0.3, -0.25) is 4.90 Å². The second kappa shape index (κ2) is 5.56. The zero-order valence-corrected chi connectivity index (χ0v) is 11.0. The maximum atomic E-state index is 10.4. The van der Waals surface area contributed by atoms with E-state index < -0.39 is 23.9 Å². The Labute approximate surface area is 112 Å². The lowest BCUT2D eigenvalue weighted by molar-refractivity contribution is -0.190. The summed E-state index contributed by atoms with van der Waals surface area (Å²) in [5.74, 6) is 0. The summed E-state index contributed by atoms with van der Waals surface area (Å²) in [7, 11) is 0. The molecule has 5 nitrogen and oxygen atoms in total. The van der Waals surface area contributed by atoms with E-state index in [1.165, 1.54) is 0 Å². The van der Waals surface area contributed by atoms with Gasteiger partial charge in [-0.1, -0.05) is 37.3 Å². The smallest absolute Gasteiger partial charge is 0.109 e. The predicted octanol–water partition coefficient (Wildman–Crippen LogP) is -0.708. The number of rotatable bonds is 3. The van der Waals surface area contributed by atoms with E-state index in [0.717, 1.165) is 5.56 Å². The largest absolute Gasteiger partial charge is 0.394 e. The van der Waals surface area contributed by atoms with Gasteiger partial charge >= 0.3 is 0 Å². The van der Waals surface area contributed by atoms with E-state index in [1.807, 2.05) is 42.2 Å². The molecule has 1 fully saturated rings. The highest BCUT2D eigenvalue weighted by atomic mass is 16.4. The number of β-amino-alcohol motifs (C(OH)–C–C–N with tert-alkyl or cyclic N) is 1. The molecule has 0 unspecified atom stereocenters. The van der Waals surface area contributed by atoms with Crippen molar-refractivity contribution in [1.29, 1.82) is 0 Å². The molecule has 0 spiro atoms. The predicted molar refractivity (Wildman–Crippen MR) is 70.5 cm³/mol. The SMILES string of the molecule is CCN1C[C@H](O)[C@@H](O)[C@H](O)[C@@]1(CO)c1ccccc1. The van der Waals surface area contributed by atoms with Gasteiger partial charge < -0.3 is 20.4 Å². The summed E-state index contributed by atoms with van der Waals surface area (Å²) in [6.45, 7) is 2.33. The van der Waals surface area contributed by atoms with Crippen molar-refractivity contribution >= 4 is 0 Å². The highest BCUT2D eigenvalue weighted by Gasteiger charge is 2.52. The van der Waals surface area contributed by atoms with Crippen LogP contribution in [0.25, 0.3) is 0 Å². The summed E-state index contributed by atoms with van der Waals surface area (Å²) in [4.78, 5) is 1.81. The highest BCUT2D eigenvalue weighted by molar-refractivity contribution is 5.29. The van der Waals surface area contributed by atoms with Crippen LogP contribution in [0.3, 0.4) is 0 Å². The molecule has 19 heavy (non-hydrogen) atoms. The third-order valence-corrected chi connectivity index (χ3v) is 4.08. The van der Waals surface area contributed by atoms with Crippen LogP contribution in [-0.2, 0) is 5.54 Å². The van der Waals surface area contributed by atoms with Crippen LogP contribution in [0.1, 0.15) is 12.5 Å². The summed E-state index contributed by atoms with van der Waals surface area (Å²) >= 11 is 0. The molecule has 4 atom stereocenters. The van der Waals surface area contributed by atoms with Gasteiger partial charge in [0.25, 0.3) is 0 Å². The van der Waals surface area contributed by atoms with Crippen molar-refractivity contribution in [1.82, 2.24) is 4.90 Å². The zero-order valence-electron chi connectivity index (χ0n) is 11.0. The molecule has 4 N–H and O–H groups in total. The molecule has 0 radical (unpaired) electrons. The number of likely N-dealkylation sites (N-methyl/N-ethyl adjacent to an activating group) is 1. The van der Waals surface area contributed by atoms with Crippen LogP contribution >= 0.6 is 0 Å². The maximum Gasteiger partial charge on any atom is 0.109 e. The molecule has 2 rings (SSSR count). The average molecular weight is 267 g/mol. The van der Waals surface area contributed by atoms with Gasteiger partial charge in [0.15, 0.2) is 0 Å². The molecule has 0 aromatic heterocycles. The van der Waals surface area contributed by atoms with Crippen molar-refractivity contribution < 1.29 is 20.4 Å². The minimum absolute atomic E-state index is 0.212. The molecule has 1 saturated heterocycles. The van der Waals surface area contributed by atoms with Crippen LogP contribution in [-0.4, -0.2) is 63.3 Å². The monoisotopic (exact) mass is 267 g/mol. The Kier molecular flexibility index (Phi) is 4.23. The van der Waals surface area contributed by atoms with Gasteiger partial charge in [-0.05, 0) is 12.1 Å². The van der Waals surface area contributed by atoms with Crippen molar-refractivity contribution in [2.24, 2.45) is 0 Å². The van der Waals surface area contributed by atoms with Crippen molar-refractivity contribution in [3.8, 4) is 0 Å². The Balaban J connectivity index is 2.50. The molecule has 0 amide bonds. The van der Waals surface area contributed by atoms with E-state index >= 15 is 0 Å². The average Bonchev–Trinajstić information content (AvgIpc) is 2.46. The van der Waals surface area contributed by atoms with Gasteiger partial charge in [-0.25, -0.2) is 0 Å². The number of hydrogen-bond donors (Lipinski definition) is 4. The molecule has 0 saturated carbocycles. The molecule has 0 aliphatic carbocycles. The van der Waals surface area contributed by atoms with Crippen molar-refractivity contribution in [3.05, 3.63) is 35.9 Å². The van der Waals surface area contributed by atoms with Crippen molar-refractivity contribution in [3.63, 3.8) is 0 Å². The summed E-state index contributed by atoms with van der Waals surface area (Å²) in [5, 5.41) is 40.0. The number of hydrogen-bond acceptors (Lipinski definition) is 5. The Hall–Kier alpha value is -0.980. The number of aliphatic hydroxyl groups excluding tert-OH is 4. The van der Waals surface area contributed by atoms with E-state index in [4.69, 9.17) is 0 Å². The number of likely N-dealkylation sites (tertiary alicyclic amines) is 1. The van der Waals surface area contributed by atoms with E-state index in [2.05, 4.69) is 0 Å². The first-order chi connectivity index (χ1) is 9.07. The zero-order chi connectivity index (χ0) is 14.0. The first-order valence-electron chi connectivity index (χ1n) is 6.53. The Morgan fingerprint density at radius 1 is 1.21 bits per heavy atom. The molecule has 1 aliphatic heterocycles. The number of benzene rings is 1. The second-order valence-corrected chi connectivity index (χ2v) is 4.99. The quantitative estimate of drug-likeness (QED) is 0.581. The van der Waals surface area contributed by atoms with Gasteiger partial charge in [0.2, 0.25) is 0 Å². The summed E-state index contributed by atoms with van der Waals surface area (Å²) < 4.78 is 0. The number of nitrogens with zero attached hydrogens (tertiary/aromatic N) is 1. The van der Waals surface area contributed by atoms with Gasteiger partial charge in [-0.15, -0.1) is 0 Å². The van der Waals surface area contributed by atoms with Crippen LogP contribution in [0.5, 0.6) is 0 Å². The van der Waals surface area contributed by atoms with Crippen LogP contribution in [0.15, 0.2) is 30.3 Å². The molecule has 1 aliphatic rings. The van der Waals surface area contributed by atoms with Crippen LogP contribution in [0.2, 0.25) is 0 Å². The molecule has 1 aromatic carbocycles. The van der Waals surface area contributed by atoms with Crippen LogP contribution < -0.4 is 0 Å². The minimum atomic E-state index is -1.27. The number of aliphatic hydroxyl groups is 4. The lowest BCUT2D eigenvalue weighted by atomic mass is 9.76. The van der Waals surface area contributed by atoms with E-state index in [0.29, 0.717) is 6.54 Å². The molecular formula is C14H21NO4. The first kappa shape index (κ1) is 14.4. The molecule has 1 aromatic rings. The van der Waals surface area contributed by atoms with Gasteiger partial charge in [0, 0.05) is 6.54 Å². The normalized spacial score (nSPS) is 36.4. The summed E-state index contributed by atoms with van der Waals surface area (Å²) in [5.41, 5.74) is -0.341. The lowest BCUT2D eigenvalue weighted by Gasteiger charge is -2.52.